The van der Waals surface area contributed by atoms with Crippen molar-refractivity contribution >= 4 is 11.8 Å². The molecule has 0 unspecified atom stereocenters. The van der Waals surface area contributed by atoms with Crippen LogP contribution in [0.15, 0.2) is 41.8 Å². The smallest absolute Gasteiger partial charge is 0.0340 e. The van der Waals surface area contributed by atoms with Gasteiger partial charge < -0.3 is 5.73 Å². The minimum Gasteiger partial charge on any atom is -0.324 e. The fourth-order valence-corrected chi connectivity index (χ4v) is 2.66. The Balaban J connectivity index is 2.95. The van der Waals surface area contributed by atoms with E-state index in [9.17, 15) is 0 Å². The minimum absolute atomic E-state index is 0.0588. The zero-order valence-corrected chi connectivity index (χ0v) is 11.2. The molecule has 1 nitrogen and oxygen atoms in total. The van der Waals surface area contributed by atoms with Gasteiger partial charge in [0.05, 0.1) is 0 Å². The van der Waals surface area contributed by atoms with Crippen molar-refractivity contribution < 1.29 is 0 Å². The molecule has 1 aromatic rings. The van der Waals surface area contributed by atoms with E-state index in [1.54, 1.807) is 0 Å². The molecule has 1 rings (SSSR count). The van der Waals surface area contributed by atoms with Gasteiger partial charge in [-0.25, -0.2) is 0 Å². The van der Waals surface area contributed by atoms with E-state index in [0.29, 0.717) is 0 Å². The van der Waals surface area contributed by atoms with E-state index >= 15 is 0 Å². The first kappa shape index (κ1) is 13.3. The molecule has 2 N–H and O–H groups in total. The Hall–Kier alpha value is -0.730. The van der Waals surface area contributed by atoms with Crippen LogP contribution in [-0.2, 0) is 0 Å². The number of rotatable bonds is 4. The average Bonchev–Trinajstić information content (AvgIpc) is 2.16. The van der Waals surface area contributed by atoms with Crippen molar-refractivity contribution in [3.05, 3.63) is 42.5 Å². The van der Waals surface area contributed by atoms with E-state index in [1.165, 1.54) is 10.5 Å². The standard InChI is InChI=1S/C14H21NS/c1-5-8-12(15)11-9-6-7-10-13(11)16-14(2,3)4/h5-7,9-10,12H,1,8,15H2,2-4H3/t12-/m1/s1. The summed E-state index contributed by atoms with van der Waals surface area (Å²) in [6, 6.07) is 8.43. The van der Waals surface area contributed by atoms with Gasteiger partial charge in [-0.05, 0) is 18.1 Å². The van der Waals surface area contributed by atoms with Crippen molar-refractivity contribution in [2.75, 3.05) is 0 Å². The van der Waals surface area contributed by atoms with E-state index in [0.717, 1.165) is 6.42 Å². The molecule has 0 aliphatic heterocycles. The van der Waals surface area contributed by atoms with E-state index in [-0.39, 0.29) is 10.8 Å². The van der Waals surface area contributed by atoms with Crippen molar-refractivity contribution in [2.24, 2.45) is 5.73 Å². The third-order valence-electron chi connectivity index (χ3n) is 2.16. The van der Waals surface area contributed by atoms with Crippen LogP contribution >= 0.6 is 11.8 Å². The molecule has 88 valence electrons. The monoisotopic (exact) mass is 235 g/mol. The predicted molar refractivity (Wildman–Crippen MR) is 73.8 cm³/mol. The van der Waals surface area contributed by atoms with Gasteiger partial charge in [0, 0.05) is 15.7 Å². The van der Waals surface area contributed by atoms with Gasteiger partial charge in [-0.1, -0.05) is 45.0 Å². The predicted octanol–water partition coefficient (Wildman–Crippen LogP) is 4.15. The first-order valence-electron chi connectivity index (χ1n) is 5.58. The van der Waals surface area contributed by atoms with Crippen molar-refractivity contribution in [2.45, 2.75) is 42.9 Å². The molecular weight excluding hydrogens is 214 g/mol. The third kappa shape index (κ3) is 4.03. The Morgan fingerprint density at radius 3 is 2.56 bits per heavy atom. The van der Waals surface area contributed by atoms with Gasteiger partial charge in [-0.3, -0.25) is 0 Å². The molecule has 0 aromatic heterocycles. The van der Waals surface area contributed by atoms with Crippen molar-refractivity contribution in [3.8, 4) is 0 Å². The fourth-order valence-electron chi connectivity index (χ4n) is 1.52. The third-order valence-corrected chi connectivity index (χ3v) is 3.36. The molecule has 0 amide bonds. The minimum atomic E-state index is 0.0588. The molecule has 0 aliphatic carbocycles. The summed E-state index contributed by atoms with van der Waals surface area (Å²) in [6.07, 6.45) is 2.70. The van der Waals surface area contributed by atoms with E-state index in [4.69, 9.17) is 5.73 Å². The van der Waals surface area contributed by atoms with Gasteiger partial charge in [-0.2, -0.15) is 0 Å². The maximum absolute atomic E-state index is 6.14. The highest BCUT2D eigenvalue weighted by Gasteiger charge is 2.16. The molecule has 0 radical (unpaired) electrons. The van der Waals surface area contributed by atoms with Crippen LogP contribution in [0.5, 0.6) is 0 Å². The molecule has 1 aromatic carbocycles. The maximum Gasteiger partial charge on any atom is 0.0340 e. The summed E-state index contributed by atoms with van der Waals surface area (Å²) < 4.78 is 0.212. The molecule has 0 bridgehead atoms. The Bertz CT molecular complexity index is 352. The molecule has 0 saturated carbocycles. The van der Waals surface area contributed by atoms with Crippen LogP contribution in [0, 0.1) is 0 Å². The Morgan fingerprint density at radius 2 is 2.00 bits per heavy atom. The van der Waals surface area contributed by atoms with Gasteiger partial charge in [0.15, 0.2) is 0 Å². The number of hydrogen-bond donors (Lipinski definition) is 1. The average molecular weight is 235 g/mol. The van der Waals surface area contributed by atoms with Crippen LogP contribution in [-0.4, -0.2) is 4.75 Å². The lowest BCUT2D eigenvalue weighted by Crippen LogP contribution is -2.13. The van der Waals surface area contributed by atoms with Crippen molar-refractivity contribution in [1.29, 1.82) is 0 Å². The van der Waals surface area contributed by atoms with Gasteiger partial charge in [0.25, 0.3) is 0 Å². The number of hydrogen-bond acceptors (Lipinski definition) is 2. The largest absolute Gasteiger partial charge is 0.324 e. The molecule has 0 heterocycles. The van der Waals surface area contributed by atoms with E-state index in [1.807, 2.05) is 23.9 Å². The summed E-state index contributed by atoms with van der Waals surface area (Å²) in [4.78, 5) is 1.28. The Labute approximate surface area is 103 Å². The Morgan fingerprint density at radius 1 is 1.38 bits per heavy atom. The van der Waals surface area contributed by atoms with Gasteiger partial charge >= 0.3 is 0 Å². The number of benzene rings is 1. The molecule has 1 atom stereocenters. The normalized spacial score (nSPS) is 13.5. The number of thioether (sulfide) groups is 1. The van der Waals surface area contributed by atoms with Crippen LogP contribution in [0.3, 0.4) is 0 Å². The van der Waals surface area contributed by atoms with Crippen molar-refractivity contribution in [3.63, 3.8) is 0 Å². The summed E-state index contributed by atoms with van der Waals surface area (Å²) >= 11 is 1.87. The van der Waals surface area contributed by atoms with Crippen LogP contribution in [0.4, 0.5) is 0 Å². The molecule has 16 heavy (non-hydrogen) atoms. The zero-order valence-electron chi connectivity index (χ0n) is 10.4. The summed E-state index contributed by atoms with van der Waals surface area (Å²) in [5, 5.41) is 0. The topological polar surface area (TPSA) is 26.0 Å². The summed E-state index contributed by atoms with van der Waals surface area (Å²) in [6.45, 7) is 10.4. The molecule has 0 spiro atoms. The van der Waals surface area contributed by atoms with Gasteiger partial charge in [-0.15, -0.1) is 18.3 Å². The van der Waals surface area contributed by atoms with Crippen LogP contribution < -0.4 is 5.73 Å². The van der Waals surface area contributed by atoms with Crippen molar-refractivity contribution in [1.82, 2.24) is 0 Å². The second kappa shape index (κ2) is 5.55. The van der Waals surface area contributed by atoms with Crippen LogP contribution in [0.25, 0.3) is 0 Å². The highest BCUT2D eigenvalue weighted by Crippen LogP contribution is 2.36. The van der Waals surface area contributed by atoms with E-state index in [2.05, 4.69) is 45.5 Å². The highest BCUT2D eigenvalue weighted by molar-refractivity contribution is 8.00. The van der Waals surface area contributed by atoms with Gasteiger partial charge in [0.1, 0.15) is 0 Å². The lowest BCUT2D eigenvalue weighted by atomic mass is 10.1. The van der Waals surface area contributed by atoms with Gasteiger partial charge in [0.2, 0.25) is 0 Å². The SMILES string of the molecule is C=CC[C@@H](N)c1ccccc1SC(C)(C)C. The second-order valence-corrected chi connectivity index (χ2v) is 6.75. The van der Waals surface area contributed by atoms with E-state index < -0.39 is 0 Å². The highest BCUT2D eigenvalue weighted by atomic mass is 32.2. The summed E-state index contributed by atoms with van der Waals surface area (Å²) in [5.74, 6) is 0. The molecule has 2 heteroatoms. The lowest BCUT2D eigenvalue weighted by Gasteiger charge is -2.22. The molecule has 0 fully saturated rings. The number of nitrogens with two attached hydrogens (primary N) is 1. The molecule has 0 aliphatic rings. The lowest BCUT2D eigenvalue weighted by molar-refractivity contribution is 0.723. The quantitative estimate of drug-likeness (QED) is 0.626. The second-order valence-electron chi connectivity index (χ2n) is 4.88. The first-order chi connectivity index (χ1) is 7.44. The summed E-state index contributed by atoms with van der Waals surface area (Å²) in [7, 11) is 0. The van der Waals surface area contributed by atoms with Crippen LogP contribution in [0.2, 0.25) is 0 Å². The summed E-state index contributed by atoms with van der Waals surface area (Å²) in [5.41, 5.74) is 7.36. The Kier molecular flexibility index (Phi) is 4.63. The maximum atomic E-state index is 6.14. The van der Waals surface area contributed by atoms with Crippen LogP contribution in [0.1, 0.15) is 38.8 Å². The fraction of sp³-hybridized carbons (Fsp3) is 0.429. The molecule has 0 saturated heterocycles. The zero-order chi connectivity index (χ0) is 12.2. The first-order valence-corrected chi connectivity index (χ1v) is 6.40. The molecular formula is C14H21NS.